The molecule has 2 aliphatic rings. The normalized spacial score (nSPS) is 19.8. The number of carbonyl (C=O) groups excluding carboxylic acids is 3. The highest BCUT2D eigenvalue weighted by molar-refractivity contribution is 5.99. The topological polar surface area (TPSA) is 130 Å². The zero-order chi connectivity index (χ0) is 36.1. The lowest BCUT2D eigenvalue weighted by atomic mass is 9.76. The second-order valence-corrected chi connectivity index (χ2v) is 14.4. The third-order valence-corrected chi connectivity index (χ3v) is 9.67. The van der Waals surface area contributed by atoms with Crippen molar-refractivity contribution in [2.75, 3.05) is 32.3 Å². The first kappa shape index (κ1) is 39.9. The smallest absolute Gasteiger partial charge is 0.407 e. The quantitative estimate of drug-likeness (QED) is 0.176. The van der Waals surface area contributed by atoms with Gasteiger partial charge in [-0.05, 0) is 96.1 Å². The van der Waals surface area contributed by atoms with Crippen LogP contribution >= 0.6 is 0 Å². The summed E-state index contributed by atoms with van der Waals surface area (Å²) < 4.78 is 32.2. The van der Waals surface area contributed by atoms with Gasteiger partial charge in [-0.2, -0.15) is 0 Å². The van der Waals surface area contributed by atoms with Gasteiger partial charge in [0.05, 0.1) is 18.6 Å². The fourth-order valence-electron chi connectivity index (χ4n) is 7.15. The molecule has 2 aromatic rings. The highest BCUT2D eigenvalue weighted by Gasteiger charge is 2.41. The fraction of sp³-hybridized carbons (Fsp3) is 0.676. The largest absolute Gasteiger partial charge is 0.477 e. The molecule has 0 radical (unpaired) electrons. The maximum Gasteiger partial charge on any atom is 0.407 e. The molecule has 2 fully saturated rings. The zero-order valence-electron chi connectivity index (χ0n) is 29.8. The molecule has 1 saturated carbocycles. The third-order valence-electron chi connectivity index (χ3n) is 9.67. The number of likely N-dealkylation sites (N-methyl/N-ethyl adjacent to an activating group) is 1. The summed E-state index contributed by atoms with van der Waals surface area (Å²) in [6.07, 6.45) is 10.4. The average molecular weight is 691 g/mol. The van der Waals surface area contributed by atoms with Crippen LogP contribution in [0.25, 0.3) is 10.9 Å². The number of hydrogen-bond donors (Lipinski definition) is 3. The van der Waals surface area contributed by atoms with Crippen LogP contribution in [0.1, 0.15) is 102 Å². The number of anilines is 1. The van der Waals surface area contributed by atoms with Gasteiger partial charge in [0.2, 0.25) is 5.91 Å². The summed E-state index contributed by atoms with van der Waals surface area (Å²) in [5.74, 6) is -0.0421. The number of carboxylic acids is 1. The van der Waals surface area contributed by atoms with Gasteiger partial charge in [0, 0.05) is 22.5 Å². The van der Waals surface area contributed by atoms with Crippen molar-refractivity contribution in [3.8, 4) is 0 Å². The Labute approximate surface area is 289 Å². The third kappa shape index (κ3) is 11.8. The number of rotatable bonds is 14. The van der Waals surface area contributed by atoms with Crippen LogP contribution in [0.4, 0.5) is 19.3 Å². The Kier molecular flexibility index (Phi) is 15.5. The molecular weight excluding hydrogens is 634 g/mol. The number of likely N-dealkylation sites (tertiary alicyclic amines) is 1. The van der Waals surface area contributed by atoms with Crippen LogP contribution in [0.3, 0.4) is 0 Å². The number of halogens is 2. The Balaban J connectivity index is 0.000000298. The van der Waals surface area contributed by atoms with E-state index in [4.69, 9.17) is 4.74 Å². The molecule has 10 nitrogen and oxygen atoms in total. The molecule has 1 aliphatic heterocycles. The van der Waals surface area contributed by atoms with E-state index in [2.05, 4.69) is 15.5 Å². The lowest BCUT2D eigenvalue weighted by molar-refractivity contribution is -0.121. The predicted octanol–water partition coefficient (Wildman–Crippen LogP) is 7.39. The van der Waals surface area contributed by atoms with E-state index < -0.39 is 37.1 Å². The minimum atomic E-state index is -1.09. The van der Waals surface area contributed by atoms with Gasteiger partial charge in [-0.15, -0.1) is 0 Å². The van der Waals surface area contributed by atoms with Crippen molar-refractivity contribution in [1.82, 2.24) is 14.8 Å². The van der Waals surface area contributed by atoms with Gasteiger partial charge in [-0.25, -0.2) is 18.4 Å². The molecule has 1 aromatic carbocycles. The van der Waals surface area contributed by atoms with E-state index in [-0.39, 0.29) is 30.1 Å². The molecule has 2 amide bonds. The lowest BCUT2D eigenvalue weighted by Crippen LogP contribution is -2.43. The van der Waals surface area contributed by atoms with Crippen LogP contribution < -0.4 is 10.6 Å². The first-order chi connectivity index (χ1) is 23.3. The van der Waals surface area contributed by atoms with E-state index >= 15 is 0 Å². The molecule has 4 unspecified atom stereocenters. The molecule has 1 saturated heterocycles. The monoisotopic (exact) mass is 690 g/mol. The molecule has 1 aromatic heterocycles. The lowest BCUT2D eigenvalue weighted by Gasteiger charge is -2.32. The molecule has 4 atom stereocenters. The van der Waals surface area contributed by atoms with E-state index in [9.17, 15) is 33.1 Å². The van der Waals surface area contributed by atoms with E-state index in [1.54, 1.807) is 39.0 Å². The molecule has 49 heavy (non-hydrogen) atoms. The highest BCUT2D eigenvalue weighted by Crippen LogP contribution is 2.39. The van der Waals surface area contributed by atoms with Gasteiger partial charge in [0.1, 0.15) is 30.9 Å². The maximum atomic E-state index is 13.2. The predicted molar refractivity (Wildman–Crippen MR) is 187 cm³/mol. The summed E-state index contributed by atoms with van der Waals surface area (Å²) in [6.45, 7) is 6.88. The summed E-state index contributed by atoms with van der Waals surface area (Å²) >= 11 is 0. The number of benzene rings is 1. The molecule has 12 heteroatoms. The van der Waals surface area contributed by atoms with Crippen molar-refractivity contribution in [3.05, 3.63) is 30.0 Å². The number of amides is 2. The Hall–Kier alpha value is -3.54. The molecule has 2 heterocycles. The van der Waals surface area contributed by atoms with Crippen LogP contribution in [0.5, 0.6) is 0 Å². The second-order valence-electron chi connectivity index (χ2n) is 14.4. The van der Waals surface area contributed by atoms with Crippen LogP contribution in [0, 0.1) is 17.8 Å². The molecule has 274 valence electrons. The van der Waals surface area contributed by atoms with Crippen molar-refractivity contribution in [1.29, 1.82) is 0 Å². The van der Waals surface area contributed by atoms with Crippen molar-refractivity contribution < 1.29 is 37.8 Å². The summed E-state index contributed by atoms with van der Waals surface area (Å²) in [6, 6.07) is 6.16. The SMILES string of the molecule is CCC(C=O)CCCC(CF)NC(=O)OC(C)(C)C.CN1CCC(C2CCCCC2)C1C(=O)Nc1ccc2c(c1)cc(C(=O)O)n2CCF. The van der Waals surface area contributed by atoms with Gasteiger partial charge in [-0.3, -0.25) is 9.69 Å². The number of fused-ring (bicyclic) bond motifs is 1. The average Bonchev–Trinajstić information content (AvgIpc) is 3.63. The van der Waals surface area contributed by atoms with Crippen molar-refractivity contribution in [2.45, 2.75) is 116 Å². The number of ether oxygens (including phenoxy) is 1. The van der Waals surface area contributed by atoms with Gasteiger partial charge in [0.15, 0.2) is 0 Å². The van der Waals surface area contributed by atoms with Gasteiger partial charge in [0.25, 0.3) is 0 Å². The Morgan fingerprint density at radius 1 is 1.08 bits per heavy atom. The Morgan fingerprint density at radius 2 is 1.80 bits per heavy atom. The molecular formula is C37H56F2N4O6. The molecule has 3 N–H and O–H groups in total. The van der Waals surface area contributed by atoms with Crippen molar-refractivity contribution >= 4 is 40.8 Å². The van der Waals surface area contributed by atoms with E-state index in [0.717, 1.165) is 32.1 Å². The first-order valence-corrected chi connectivity index (χ1v) is 17.8. The van der Waals surface area contributed by atoms with Crippen LogP contribution in [-0.2, 0) is 20.9 Å². The van der Waals surface area contributed by atoms with Crippen molar-refractivity contribution in [3.63, 3.8) is 0 Å². The fourth-order valence-corrected chi connectivity index (χ4v) is 7.15. The number of alkyl halides is 2. The number of alkyl carbamates (subject to hydrolysis) is 1. The number of carbonyl (C=O) groups is 4. The first-order valence-electron chi connectivity index (χ1n) is 17.8. The number of nitrogens with zero attached hydrogens (tertiary/aromatic N) is 2. The summed E-state index contributed by atoms with van der Waals surface area (Å²) in [4.78, 5) is 49.0. The minimum absolute atomic E-state index is 0.00609. The summed E-state index contributed by atoms with van der Waals surface area (Å²) in [5, 5.41) is 15.7. The standard InChI is InChI=1S/C23H30FN3O3.C14H26FNO3/c1-26-11-9-18(15-5-3-2-4-6-15)21(26)22(28)25-17-7-8-19-16(13-17)14-20(23(29)30)27(19)12-10-24;1-5-11(10-17)7-6-8-12(9-15)16-13(18)19-14(2,3)4/h7-8,13-15,18,21H,2-6,9-12H2,1H3,(H,25,28)(H,29,30);10-12H,5-9H2,1-4H3,(H,16,18). The number of carboxylic acid groups (broad SMARTS) is 1. The van der Waals surface area contributed by atoms with E-state index in [0.29, 0.717) is 41.3 Å². The Bertz CT molecular complexity index is 1390. The van der Waals surface area contributed by atoms with Crippen molar-refractivity contribution in [2.24, 2.45) is 17.8 Å². The van der Waals surface area contributed by atoms with Crippen LogP contribution in [-0.4, -0.2) is 83.5 Å². The molecule has 1 aliphatic carbocycles. The molecule has 0 bridgehead atoms. The number of nitrogens with one attached hydrogen (secondary N) is 2. The summed E-state index contributed by atoms with van der Waals surface area (Å²) in [5.41, 5.74) is 0.764. The number of aldehydes is 1. The van der Waals surface area contributed by atoms with Crippen LogP contribution in [0.2, 0.25) is 0 Å². The van der Waals surface area contributed by atoms with Crippen LogP contribution in [0.15, 0.2) is 24.3 Å². The highest BCUT2D eigenvalue weighted by atomic mass is 19.1. The van der Waals surface area contributed by atoms with Gasteiger partial charge >= 0.3 is 12.1 Å². The molecule has 0 spiro atoms. The number of hydrogen-bond acceptors (Lipinski definition) is 6. The zero-order valence-corrected chi connectivity index (χ0v) is 29.8. The number of aromatic nitrogens is 1. The number of aryl methyl sites for hydroxylation is 1. The maximum absolute atomic E-state index is 13.2. The minimum Gasteiger partial charge on any atom is -0.477 e. The van der Waals surface area contributed by atoms with Gasteiger partial charge in [-0.1, -0.05) is 45.4 Å². The van der Waals surface area contributed by atoms with E-state index in [1.807, 2.05) is 14.0 Å². The van der Waals surface area contributed by atoms with E-state index in [1.165, 1.54) is 42.7 Å². The Morgan fingerprint density at radius 3 is 2.39 bits per heavy atom. The number of aromatic carboxylic acids is 1. The van der Waals surface area contributed by atoms with Gasteiger partial charge < -0.3 is 29.8 Å². The summed E-state index contributed by atoms with van der Waals surface area (Å²) in [7, 11) is 2.02. The molecule has 4 rings (SSSR count). The second kappa shape index (κ2) is 19.0.